The fraction of sp³-hybridized carbons (Fsp3) is 0.667. The number of nitrogens with one attached hydrogen (secondary N) is 1. The summed E-state index contributed by atoms with van der Waals surface area (Å²) >= 11 is 0. The Labute approximate surface area is 86.7 Å². The Kier molecular flexibility index (Phi) is 4.74. The summed E-state index contributed by atoms with van der Waals surface area (Å²) in [5.74, 6) is 0.787. The second-order valence-electron chi connectivity index (χ2n) is 4.29. The van der Waals surface area contributed by atoms with Crippen molar-refractivity contribution in [1.29, 1.82) is 0 Å². The molecule has 1 rings (SSSR count). The molecule has 80 valence electrons. The van der Waals surface area contributed by atoms with Crippen LogP contribution in [0.2, 0.25) is 0 Å². The Hall–Kier alpha value is -0.760. The second-order valence-corrected chi connectivity index (χ2v) is 4.29. The molecule has 0 fully saturated rings. The van der Waals surface area contributed by atoms with Crippen LogP contribution in [0.3, 0.4) is 0 Å². The van der Waals surface area contributed by atoms with Crippen molar-refractivity contribution in [1.82, 2.24) is 5.32 Å². The van der Waals surface area contributed by atoms with E-state index in [9.17, 15) is 0 Å². The van der Waals surface area contributed by atoms with Gasteiger partial charge in [0.05, 0.1) is 12.5 Å². The average molecular weight is 195 g/mol. The molecule has 1 heterocycles. The third-order valence-corrected chi connectivity index (χ3v) is 2.56. The maximum absolute atomic E-state index is 5.06. The van der Waals surface area contributed by atoms with Gasteiger partial charge in [-0.15, -0.1) is 0 Å². The molecule has 0 saturated heterocycles. The third kappa shape index (κ3) is 3.97. The summed E-state index contributed by atoms with van der Waals surface area (Å²) in [7, 11) is 2.03. The Morgan fingerprint density at radius 1 is 1.36 bits per heavy atom. The quantitative estimate of drug-likeness (QED) is 0.755. The van der Waals surface area contributed by atoms with E-state index in [4.69, 9.17) is 4.42 Å². The van der Waals surface area contributed by atoms with Crippen LogP contribution in [0.4, 0.5) is 0 Å². The second kappa shape index (κ2) is 5.86. The molecule has 1 aromatic heterocycles. The summed E-state index contributed by atoms with van der Waals surface area (Å²) < 4.78 is 5.06. The molecule has 0 bridgehead atoms. The zero-order valence-electron chi connectivity index (χ0n) is 9.42. The fourth-order valence-corrected chi connectivity index (χ4v) is 1.58. The van der Waals surface area contributed by atoms with Crippen molar-refractivity contribution in [3.8, 4) is 0 Å². The average Bonchev–Trinajstić information content (AvgIpc) is 2.64. The molecular weight excluding hydrogens is 174 g/mol. The predicted octanol–water partition coefficient (Wildman–Crippen LogP) is 2.85. The molecule has 1 unspecified atom stereocenters. The Morgan fingerprint density at radius 3 is 2.64 bits per heavy atom. The smallest absolute Gasteiger partial charge is 0.0935 e. The maximum Gasteiger partial charge on any atom is 0.0935 e. The van der Waals surface area contributed by atoms with Crippen LogP contribution >= 0.6 is 0 Å². The lowest BCUT2D eigenvalue weighted by Crippen LogP contribution is -2.27. The Bertz CT molecular complexity index is 228. The molecule has 0 aliphatic heterocycles. The van der Waals surface area contributed by atoms with Gasteiger partial charge in [-0.1, -0.05) is 13.8 Å². The number of hydrogen-bond donors (Lipinski definition) is 1. The van der Waals surface area contributed by atoms with Crippen molar-refractivity contribution >= 4 is 0 Å². The van der Waals surface area contributed by atoms with Gasteiger partial charge >= 0.3 is 0 Å². The van der Waals surface area contributed by atoms with Crippen LogP contribution in [-0.4, -0.2) is 13.1 Å². The van der Waals surface area contributed by atoms with E-state index in [1.165, 1.54) is 18.4 Å². The number of hydrogen-bond acceptors (Lipinski definition) is 2. The molecule has 0 amide bonds. The summed E-state index contributed by atoms with van der Waals surface area (Å²) in [6.07, 6.45) is 7.16. The van der Waals surface area contributed by atoms with Gasteiger partial charge in [0, 0.05) is 6.04 Å². The van der Waals surface area contributed by atoms with Crippen LogP contribution in [0.15, 0.2) is 23.0 Å². The van der Waals surface area contributed by atoms with E-state index in [-0.39, 0.29) is 0 Å². The first-order chi connectivity index (χ1) is 6.72. The van der Waals surface area contributed by atoms with Crippen molar-refractivity contribution < 1.29 is 4.42 Å². The molecule has 0 aliphatic carbocycles. The van der Waals surface area contributed by atoms with Crippen molar-refractivity contribution in [2.45, 2.75) is 39.2 Å². The van der Waals surface area contributed by atoms with Crippen LogP contribution in [0.1, 0.15) is 32.3 Å². The minimum Gasteiger partial charge on any atom is -0.472 e. The highest BCUT2D eigenvalue weighted by molar-refractivity contribution is 5.07. The molecule has 0 aliphatic rings. The van der Waals surface area contributed by atoms with Crippen LogP contribution in [-0.2, 0) is 6.42 Å². The summed E-state index contributed by atoms with van der Waals surface area (Å²) in [5.41, 5.74) is 1.29. The Balaban J connectivity index is 2.32. The Morgan fingerprint density at radius 2 is 2.14 bits per heavy atom. The van der Waals surface area contributed by atoms with E-state index in [1.54, 1.807) is 6.26 Å². The first kappa shape index (κ1) is 11.3. The van der Waals surface area contributed by atoms with Gasteiger partial charge in [0.2, 0.25) is 0 Å². The largest absolute Gasteiger partial charge is 0.472 e. The standard InChI is InChI=1S/C12H21NO/c1-10(2)4-5-12(13-3)8-11-6-7-14-9-11/h6-7,9-10,12-13H,4-5,8H2,1-3H3. The topological polar surface area (TPSA) is 25.2 Å². The molecule has 0 radical (unpaired) electrons. The van der Waals surface area contributed by atoms with Crippen LogP contribution in [0.25, 0.3) is 0 Å². The maximum atomic E-state index is 5.06. The predicted molar refractivity (Wildman–Crippen MR) is 59.3 cm³/mol. The third-order valence-electron chi connectivity index (χ3n) is 2.56. The molecule has 1 atom stereocenters. The zero-order valence-corrected chi connectivity index (χ0v) is 9.42. The van der Waals surface area contributed by atoms with Gasteiger partial charge < -0.3 is 9.73 Å². The van der Waals surface area contributed by atoms with E-state index in [2.05, 4.69) is 19.2 Å². The van der Waals surface area contributed by atoms with Gasteiger partial charge in [0.1, 0.15) is 0 Å². The molecule has 0 spiro atoms. The summed E-state index contributed by atoms with van der Waals surface area (Å²) in [5, 5.41) is 3.35. The van der Waals surface area contributed by atoms with E-state index in [0.717, 1.165) is 12.3 Å². The van der Waals surface area contributed by atoms with E-state index in [1.807, 2.05) is 19.4 Å². The van der Waals surface area contributed by atoms with Crippen molar-refractivity contribution in [3.05, 3.63) is 24.2 Å². The molecular formula is C12H21NO. The molecule has 2 heteroatoms. The minimum atomic E-state index is 0.579. The lowest BCUT2D eigenvalue weighted by molar-refractivity contribution is 0.449. The van der Waals surface area contributed by atoms with Gasteiger partial charge in [0.15, 0.2) is 0 Å². The van der Waals surface area contributed by atoms with Crippen molar-refractivity contribution in [2.75, 3.05) is 7.05 Å². The highest BCUT2D eigenvalue weighted by Gasteiger charge is 2.08. The van der Waals surface area contributed by atoms with Crippen LogP contribution < -0.4 is 5.32 Å². The number of likely N-dealkylation sites (N-methyl/N-ethyl adjacent to an activating group) is 1. The van der Waals surface area contributed by atoms with Gasteiger partial charge in [-0.05, 0) is 43.9 Å². The number of rotatable bonds is 6. The van der Waals surface area contributed by atoms with Crippen molar-refractivity contribution in [2.24, 2.45) is 5.92 Å². The van der Waals surface area contributed by atoms with E-state index < -0.39 is 0 Å². The van der Waals surface area contributed by atoms with Crippen LogP contribution in [0, 0.1) is 5.92 Å². The molecule has 0 saturated carbocycles. The number of furan rings is 1. The van der Waals surface area contributed by atoms with Gasteiger partial charge in [0.25, 0.3) is 0 Å². The molecule has 1 aromatic rings. The van der Waals surface area contributed by atoms with Gasteiger partial charge in [-0.25, -0.2) is 0 Å². The van der Waals surface area contributed by atoms with E-state index >= 15 is 0 Å². The minimum absolute atomic E-state index is 0.579. The fourth-order valence-electron chi connectivity index (χ4n) is 1.58. The highest BCUT2D eigenvalue weighted by Crippen LogP contribution is 2.11. The molecule has 2 nitrogen and oxygen atoms in total. The summed E-state index contributed by atoms with van der Waals surface area (Å²) in [6.45, 7) is 4.54. The summed E-state index contributed by atoms with van der Waals surface area (Å²) in [6, 6.07) is 2.62. The van der Waals surface area contributed by atoms with Crippen LogP contribution in [0.5, 0.6) is 0 Å². The normalized spacial score (nSPS) is 13.4. The molecule has 0 aromatic carbocycles. The first-order valence-electron chi connectivity index (χ1n) is 5.40. The van der Waals surface area contributed by atoms with E-state index in [0.29, 0.717) is 6.04 Å². The first-order valence-corrected chi connectivity index (χ1v) is 5.40. The summed E-state index contributed by atoms with van der Waals surface area (Å²) in [4.78, 5) is 0. The SMILES string of the molecule is CNC(CCC(C)C)Cc1ccoc1. The van der Waals surface area contributed by atoms with Gasteiger partial charge in [-0.2, -0.15) is 0 Å². The van der Waals surface area contributed by atoms with Gasteiger partial charge in [-0.3, -0.25) is 0 Å². The van der Waals surface area contributed by atoms with Crippen molar-refractivity contribution in [3.63, 3.8) is 0 Å². The lowest BCUT2D eigenvalue weighted by atomic mass is 9.99. The lowest BCUT2D eigenvalue weighted by Gasteiger charge is -2.16. The highest BCUT2D eigenvalue weighted by atomic mass is 16.3. The molecule has 1 N–H and O–H groups in total. The molecule has 14 heavy (non-hydrogen) atoms. The zero-order chi connectivity index (χ0) is 10.4. The monoisotopic (exact) mass is 195 g/mol.